The fraction of sp³-hybridized carbons (Fsp3) is 0.292. The van der Waals surface area contributed by atoms with Gasteiger partial charge in [0.15, 0.2) is 0 Å². The molecule has 3 aromatic rings. The summed E-state index contributed by atoms with van der Waals surface area (Å²) in [4.78, 5) is 20.9. The zero-order valence-electron chi connectivity index (χ0n) is 17.5. The number of hydrogen-bond donors (Lipinski definition) is 0. The number of nitrogens with zero attached hydrogens (tertiary/aromatic N) is 2. The summed E-state index contributed by atoms with van der Waals surface area (Å²) in [7, 11) is 3.05. The van der Waals surface area contributed by atoms with Gasteiger partial charge < -0.3 is 19.0 Å². The number of carbonyl (C=O) groups excluding carboxylic acids is 1. The Morgan fingerprint density at radius 3 is 2.17 bits per heavy atom. The summed E-state index contributed by atoms with van der Waals surface area (Å²) in [5, 5.41) is 0. The number of carbonyl (C=O) groups is 1. The Bertz CT molecular complexity index is 964. The van der Waals surface area contributed by atoms with Crippen LogP contribution in [0, 0.1) is 0 Å². The molecule has 0 N–H and O–H groups in total. The van der Waals surface area contributed by atoms with Crippen molar-refractivity contribution < 1.29 is 19.0 Å². The van der Waals surface area contributed by atoms with Crippen LogP contribution in [0.2, 0.25) is 0 Å². The summed E-state index contributed by atoms with van der Waals surface area (Å²) in [6.07, 6.45) is 1.54. The average molecular weight is 406 g/mol. The maximum atomic E-state index is 11.9. The summed E-state index contributed by atoms with van der Waals surface area (Å²) >= 11 is 0. The Morgan fingerprint density at radius 1 is 0.933 bits per heavy atom. The first-order valence-corrected chi connectivity index (χ1v) is 9.85. The van der Waals surface area contributed by atoms with Crippen LogP contribution < -0.4 is 9.47 Å². The average Bonchev–Trinajstić information content (AvgIpc) is 2.82. The summed E-state index contributed by atoms with van der Waals surface area (Å²) in [6, 6.07) is 19.6. The molecular weight excluding hydrogens is 380 g/mol. The molecule has 30 heavy (non-hydrogen) atoms. The largest absolute Gasteiger partial charge is 0.481 e. The quantitative estimate of drug-likeness (QED) is 0.472. The highest BCUT2D eigenvalue weighted by molar-refractivity contribution is 5.57. The minimum atomic E-state index is -1.12. The van der Waals surface area contributed by atoms with Gasteiger partial charge in [-0.2, -0.15) is 9.97 Å². The summed E-state index contributed by atoms with van der Waals surface area (Å²) in [5.74, 6) is 0.411. The van der Waals surface area contributed by atoms with Gasteiger partial charge in [0.25, 0.3) is 0 Å². The lowest BCUT2D eigenvalue weighted by Crippen LogP contribution is -2.34. The molecule has 3 rings (SSSR count). The van der Waals surface area contributed by atoms with Crippen LogP contribution in [0.4, 0.5) is 0 Å². The Labute approximate surface area is 176 Å². The molecule has 1 aromatic heterocycles. The van der Waals surface area contributed by atoms with Crippen LogP contribution in [-0.4, -0.2) is 30.5 Å². The maximum Gasteiger partial charge on any atom is 0.319 e. The lowest BCUT2D eigenvalue weighted by Gasteiger charge is -2.34. The number of hydrogen-bond acceptors (Lipinski definition) is 6. The zero-order valence-corrected chi connectivity index (χ0v) is 17.5. The summed E-state index contributed by atoms with van der Waals surface area (Å²) < 4.78 is 17.4. The molecule has 156 valence electrons. The third-order valence-corrected chi connectivity index (χ3v) is 5.00. The molecule has 0 aliphatic heterocycles. The molecule has 0 radical (unpaired) electrons. The second-order valence-electron chi connectivity index (χ2n) is 6.74. The van der Waals surface area contributed by atoms with E-state index in [0.29, 0.717) is 24.6 Å². The molecular formula is C24H26N2O4. The Balaban J connectivity index is 2.24. The van der Waals surface area contributed by atoms with Gasteiger partial charge in [-0.25, -0.2) is 0 Å². The van der Waals surface area contributed by atoms with E-state index in [4.69, 9.17) is 14.2 Å². The van der Waals surface area contributed by atoms with Crippen molar-refractivity contribution in [2.75, 3.05) is 14.2 Å². The number of rotatable bonds is 10. The molecule has 6 nitrogen and oxygen atoms in total. The van der Waals surface area contributed by atoms with Gasteiger partial charge in [-0.1, -0.05) is 67.6 Å². The maximum absolute atomic E-state index is 11.9. The fourth-order valence-corrected chi connectivity index (χ4v) is 3.52. The van der Waals surface area contributed by atoms with Gasteiger partial charge >= 0.3 is 6.01 Å². The van der Waals surface area contributed by atoms with Crippen molar-refractivity contribution in [1.82, 2.24) is 9.97 Å². The first-order valence-electron chi connectivity index (χ1n) is 9.85. The highest BCUT2D eigenvalue weighted by atomic mass is 16.5. The Kier molecular flexibility index (Phi) is 7.14. The highest BCUT2D eigenvalue weighted by Gasteiger charge is 2.40. The molecule has 0 bridgehead atoms. The second kappa shape index (κ2) is 9.98. The second-order valence-corrected chi connectivity index (χ2v) is 6.74. The van der Waals surface area contributed by atoms with Gasteiger partial charge in [-0.3, -0.25) is 0 Å². The van der Waals surface area contributed by atoms with Crippen molar-refractivity contribution in [3.8, 4) is 11.9 Å². The number of methoxy groups -OCH3 is 2. The Hall–Kier alpha value is -3.25. The van der Waals surface area contributed by atoms with Gasteiger partial charge in [0.1, 0.15) is 11.9 Å². The van der Waals surface area contributed by atoms with Crippen molar-refractivity contribution in [3.05, 3.63) is 83.0 Å². The smallest absolute Gasteiger partial charge is 0.319 e. The molecule has 2 aromatic carbocycles. The topological polar surface area (TPSA) is 70.5 Å². The first-order chi connectivity index (χ1) is 14.7. The molecule has 1 atom stereocenters. The number of benzene rings is 2. The predicted molar refractivity (Wildman–Crippen MR) is 114 cm³/mol. The molecule has 0 aliphatic carbocycles. The van der Waals surface area contributed by atoms with E-state index in [1.165, 1.54) is 7.11 Å². The van der Waals surface area contributed by atoms with E-state index in [0.717, 1.165) is 23.0 Å². The molecule has 0 saturated carbocycles. The number of aromatic nitrogens is 2. The predicted octanol–water partition coefficient (Wildman–Crippen LogP) is 4.11. The van der Waals surface area contributed by atoms with E-state index in [9.17, 15) is 4.79 Å². The Morgan fingerprint density at radius 2 is 1.60 bits per heavy atom. The number of ether oxygens (including phenoxy) is 3. The van der Waals surface area contributed by atoms with Crippen LogP contribution in [0.5, 0.6) is 11.9 Å². The molecule has 0 saturated heterocycles. The van der Waals surface area contributed by atoms with Crippen LogP contribution in [0.3, 0.4) is 0 Å². The van der Waals surface area contributed by atoms with E-state index in [-0.39, 0.29) is 12.4 Å². The van der Waals surface area contributed by atoms with Gasteiger partial charge in [0.2, 0.25) is 5.88 Å². The van der Waals surface area contributed by atoms with E-state index in [1.54, 1.807) is 7.11 Å². The molecule has 6 heteroatoms. The monoisotopic (exact) mass is 406 g/mol. The van der Waals surface area contributed by atoms with Gasteiger partial charge in [0.05, 0.1) is 26.5 Å². The van der Waals surface area contributed by atoms with Gasteiger partial charge in [-0.05, 0) is 17.5 Å². The standard InChI is InChI=1S/C24H26N2O4/c1-4-20-21(25-23(29-3)26-22(20)28-2)24(15-16-27,19-13-9-6-10-14-19)30-17-18-11-7-5-8-12-18/h5-14,16H,4,15,17H2,1-3H3. The minimum absolute atomic E-state index is 0.0835. The zero-order chi connectivity index (χ0) is 21.4. The highest BCUT2D eigenvalue weighted by Crippen LogP contribution is 2.41. The first kappa shape index (κ1) is 21.5. The lowest BCUT2D eigenvalue weighted by molar-refractivity contribution is -0.115. The van der Waals surface area contributed by atoms with Gasteiger partial charge in [-0.15, -0.1) is 0 Å². The fourth-order valence-electron chi connectivity index (χ4n) is 3.52. The van der Waals surface area contributed by atoms with Crippen LogP contribution in [0.25, 0.3) is 0 Å². The van der Waals surface area contributed by atoms with E-state index >= 15 is 0 Å². The van der Waals surface area contributed by atoms with Crippen molar-refractivity contribution in [2.45, 2.75) is 32.0 Å². The van der Waals surface area contributed by atoms with Crippen molar-refractivity contribution >= 4 is 6.29 Å². The molecule has 1 unspecified atom stereocenters. The van der Waals surface area contributed by atoms with Crippen molar-refractivity contribution in [3.63, 3.8) is 0 Å². The van der Waals surface area contributed by atoms with Crippen LogP contribution in [0.1, 0.15) is 35.7 Å². The SMILES string of the molecule is CCc1c(OC)nc(OC)nc1C(CC=O)(OCc1ccccc1)c1ccccc1. The van der Waals surface area contributed by atoms with E-state index in [1.807, 2.05) is 67.6 Å². The molecule has 0 fully saturated rings. The molecule has 0 amide bonds. The van der Waals surface area contributed by atoms with Crippen molar-refractivity contribution in [1.29, 1.82) is 0 Å². The lowest BCUT2D eigenvalue weighted by atomic mass is 9.84. The third-order valence-electron chi connectivity index (χ3n) is 5.00. The minimum Gasteiger partial charge on any atom is -0.481 e. The molecule has 0 aliphatic rings. The van der Waals surface area contributed by atoms with E-state index in [2.05, 4.69) is 9.97 Å². The molecule has 1 heterocycles. The van der Waals surface area contributed by atoms with E-state index < -0.39 is 5.60 Å². The van der Waals surface area contributed by atoms with Gasteiger partial charge in [0, 0.05) is 12.0 Å². The summed E-state index contributed by atoms with van der Waals surface area (Å²) in [5.41, 5.74) is 2.05. The van der Waals surface area contributed by atoms with Crippen LogP contribution in [-0.2, 0) is 28.2 Å². The number of aldehydes is 1. The third kappa shape index (κ3) is 4.33. The normalized spacial score (nSPS) is 12.8. The van der Waals surface area contributed by atoms with Crippen LogP contribution >= 0.6 is 0 Å². The molecule has 0 spiro atoms. The summed E-state index contributed by atoms with van der Waals surface area (Å²) in [6.45, 7) is 2.30. The van der Waals surface area contributed by atoms with Crippen LogP contribution in [0.15, 0.2) is 60.7 Å². The van der Waals surface area contributed by atoms with Crippen molar-refractivity contribution in [2.24, 2.45) is 0 Å².